The van der Waals surface area contributed by atoms with Crippen molar-refractivity contribution < 1.29 is 4.79 Å². The Labute approximate surface area is 138 Å². The first-order valence-corrected chi connectivity index (χ1v) is 9.59. The number of thioether (sulfide) groups is 1. The van der Waals surface area contributed by atoms with Gasteiger partial charge in [-0.15, -0.1) is 11.8 Å². The highest BCUT2D eigenvalue weighted by molar-refractivity contribution is 7.98. The van der Waals surface area contributed by atoms with Crippen LogP contribution in [0.1, 0.15) is 49.4 Å². The summed E-state index contributed by atoms with van der Waals surface area (Å²) in [7, 11) is 0. The Morgan fingerprint density at radius 1 is 1.27 bits per heavy atom. The van der Waals surface area contributed by atoms with E-state index in [-0.39, 0.29) is 5.91 Å². The van der Waals surface area contributed by atoms with E-state index in [4.69, 9.17) is 0 Å². The highest BCUT2D eigenvalue weighted by Crippen LogP contribution is 2.17. The molecule has 0 bridgehead atoms. The fourth-order valence-corrected chi connectivity index (χ4v) is 3.38. The zero-order valence-corrected chi connectivity index (χ0v) is 14.6. The van der Waals surface area contributed by atoms with Gasteiger partial charge in [0.25, 0.3) is 5.91 Å². The van der Waals surface area contributed by atoms with E-state index in [2.05, 4.69) is 17.1 Å². The standard InChI is InChI=1S/C18H28N2OS/c1-15-7-3-5-13-20(15)14-6-4-12-19-18(21)16-8-10-17(22-2)11-9-16/h8-11,15H,3-7,12-14H2,1-2H3,(H,19,21). The second-order valence-electron chi connectivity index (χ2n) is 6.07. The Hall–Kier alpha value is -1.00. The first-order chi connectivity index (χ1) is 10.7. The molecule has 4 heteroatoms. The summed E-state index contributed by atoms with van der Waals surface area (Å²) < 4.78 is 0. The van der Waals surface area contributed by atoms with E-state index >= 15 is 0 Å². The molecule has 1 aromatic rings. The number of hydrogen-bond donors (Lipinski definition) is 1. The molecule has 1 atom stereocenters. The van der Waals surface area contributed by atoms with Crippen LogP contribution in [0.4, 0.5) is 0 Å². The molecule has 1 unspecified atom stereocenters. The fraction of sp³-hybridized carbons (Fsp3) is 0.611. The number of carbonyl (C=O) groups excluding carboxylic acids is 1. The number of benzene rings is 1. The zero-order chi connectivity index (χ0) is 15.8. The smallest absolute Gasteiger partial charge is 0.251 e. The van der Waals surface area contributed by atoms with Crippen molar-refractivity contribution in [1.82, 2.24) is 10.2 Å². The molecule has 0 aromatic heterocycles. The van der Waals surface area contributed by atoms with Crippen LogP contribution < -0.4 is 5.32 Å². The quantitative estimate of drug-likeness (QED) is 0.613. The van der Waals surface area contributed by atoms with Crippen LogP contribution in [0, 0.1) is 0 Å². The lowest BCUT2D eigenvalue weighted by Crippen LogP contribution is -2.38. The van der Waals surface area contributed by atoms with Crippen LogP contribution in [0.2, 0.25) is 0 Å². The molecule has 0 saturated carbocycles. The monoisotopic (exact) mass is 320 g/mol. The molecule has 1 aromatic carbocycles. The Balaban J connectivity index is 1.62. The SMILES string of the molecule is CSc1ccc(C(=O)NCCCCN2CCCCC2C)cc1. The Kier molecular flexibility index (Phi) is 7.26. The van der Waals surface area contributed by atoms with Crippen molar-refractivity contribution in [2.45, 2.75) is 50.0 Å². The molecule has 1 aliphatic rings. The molecular formula is C18H28N2OS. The highest BCUT2D eigenvalue weighted by Gasteiger charge is 2.17. The summed E-state index contributed by atoms with van der Waals surface area (Å²) in [6.07, 6.45) is 8.31. The number of nitrogens with one attached hydrogen (secondary N) is 1. The van der Waals surface area contributed by atoms with Gasteiger partial charge in [-0.05, 0) is 76.2 Å². The number of amides is 1. The topological polar surface area (TPSA) is 32.3 Å². The van der Waals surface area contributed by atoms with Gasteiger partial charge in [0.1, 0.15) is 0 Å². The van der Waals surface area contributed by atoms with E-state index in [1.54, 1.807) is 11.8 Å². The fourth-order valence-electron chi connectivity index (χ4n) is 2.98. The van der Waals surface area contributed by atoms with Gasteiger partial charge >= 0.3 is 0 Å². The third-order valence-electron chi connectivity index (χ3n) is 4.45. The van der Waals surface area contributed by atoms with Gasteiger partial charge in [0.2, 0.25) is 0 Å². The third kappa shape index (κ3) is 5.33. The number of likely N-dealkylation sites (tertiary alicyclic amines) is 1. The molecule has 1 N–H and O–H groups in total. The maximum atomic E-state index is 12.0. The minimum absolute atomic E-state index is 0.0407. The molecule has 1 fully saturated rings. The van der Waals surface area contributed by atoms with E-state index in [1.807, 2.05) is 30.5 Å². The highest BCUT2D eigenvalue weighted by atomic mass is 32.2. The summed E-state index contributed by atoms with van der Waals surface area (Å²) in [4.78, 5) is 15.8. The van der Waals surface area contributed by atoms with Gasteiger partial charge in [0, 0.05) is 23.0 Å². The number of nitrogens with zero attached hydrogens (tertiary/aromatic N) is 1. The number of piperidine rings is 1. The van der Waals surface area contributed by atoms with E-state index in [9.17, 15) is 4.79 Å². The van der Waals surface area contributed by atoms with Crippen LogP contribution in [-0.4, -0.2) is 42.7 Å². The van der Waals surface area contributed by atoms with Crippen molar-refractivity contribution in [1.29, 1.82) is 0 Å². The minimum atomic E-state index is 0.0407. The first-order valence-electron chi connectivity index (χ1n) is 8.37. The van der Waals surface area contributed by atoms with Gasteiger partial charge in [-0.1, -0.05) is 6.42 Å². The number of hydrogen-bond acceptors (Lipinski definition) is 3. The maximum Gasteiger partial charge on any atom is 0.251 e. The summed E-state index contributed by atoms with van der Waals surface area (Å²) in [5.74, 6) is 0.0407. The summed E-state index contributed by atoms with van der Waals surface area (Å²) in [6, 6.07) is 8.53. The van der Waals surface area contributed by atoms with E-state index in [0.29, 0.717) is 0 Å². The number of unbranched alkanes of at least 4 members (excludes halogenated alkanes) is 1. The predicted octanol–water partition coefficient (Wildman–Crippen LogP) is 3.79. The second kappa shape index (κ2) is 9.21. The van der Waals surface area contributed by atoms with Gasteiger partial charge in [-0.3, -0.25) is 4.79 Å². The van der Waals surface area contributed by atoms with Gasteiger partial charge in [0.05, 0.1) is 0 Å². The average Bonchev–Trinajstić information content (AvgIpc) is 2.56. The zero-order valence-electron chi connectivity index (χ0n) is 13.8. The van der Waals surface area contributed by atoms with Gasteiger partial charge < -0.3 is 10.2 Å². The Bertz CT molecular complexity index is 461. The van der Waals surface area contributed by atoms with Crippen LogP contribution in [0.15, 0.2) is 29.2 Å². The van der Waals surface area contributed by atoms with Crippen LogP contribution in [0.5, 0.6) is 0 Å². The van der Waals surface area contributed by atoms with Crippen LogP contribution in [0.3, 0.4) is 0 Å². The lowest BCUT2D eigenvalue weighted by atomic mass is 10.0. The molecule has 0 spiro atoms. The minimum Gasteiger partial charge on any atom is -0.352 e. The van der Waals surface area contributed by atoms with Crippen LogP contribution in [-0.2, 0) is 0 Å². The van der Waals surface area contributed by atoms with Crippen molar-refractivity contribution in [2.75, 3.05) is 25.9 Å². The molecule has 22 heavy (non-hydrogen) atoms. The lowest BCUT2D eigenvalue weighted by Gasteiger charge is -2.33. The van der Waals surface area contributed by atoms with Crippen molar-refractivity contribution in [3.8, 4) is 0 Å². The van der Waals surface area contributed by atoms with Crippen molar-refractivity contribution >= 4 is 17.7 Å². The van der Waals surface area contributed by atoms with Gasteiger partial charge in [-0.2, -0.15) is 0 Å². The molecule has 3 nitrogen and oxygen atoms in total. The number of carbonyl (C=O) groups is 1. The maximum absolute atomic E-state index is 12.0. The van der Waals surface area contributed by atoms with Crippen molar-refractivity contribution in [2.24, 2.45) is 0 Å². The first kappa shape index (κ1) is 17.4. The van der Waals surface area contributed by atoms with Crippen LogP contribution in [0.25, 0.3) is 0 Å². The summed E-state index contributed by atoms with van der Waals surface area (Å²) in [5.41, 5.74) is 0.752. The molecule has 2 rings (SSSR count). The number of rotatable bonds is 7. The third-order valence-corrected chi connectivity index (χ3v) is 5.19. The van der Waals surface area contributed by atoms with Crippen molar-refractivity contribution in [3.05, 3.63) is 29.8 Å². The summed E-state index contributed by atoms with van der Waals surface area (Å²) in [6.45, 7) is 5.51. The van der Waals surface area contributed by atoms with E-state index in [0.717, 1.165) is 31.0 Å². The summed E-state index contributed by atoms with van der Waals surface area (Å²) >= 11 is 1.69. The predicted molar refractivity (Wildman–Crippen MR) is 94.7 cm³/mol. The molecular weight excluding hydrogens is 292 g/mol. The Morgan fingerprint density at radius 3 is 2.73 bits per heavy atom. The van der Waals surface area contributed by atoms with Gasteiger partial charge in [-0.25, -0.2) is 0 Å². The molecule has 122 valence electrons. The Morgan fingerprint density at radius 2 is 2.05 bits per heavy atom. The largest absolute Gasteiger partial charge is 0.352 e. The normalized spacial score (nSPS) is 19.1. The lowest BCUT2D eigenvalue weighted by molar-refractivity contribution is 0.0951. The van der Waals surface area contributed by atoms with Crippen LogP contribution >= 0.6 is 11.8 Å². The molecule has 1 saturated heterocycles. The van der Waals surface area contributed by atoms with E-state index in [1.165, 1.54) is 37.2 Å². The van der Waals surface area contributed by atoms with Crippen molar-refractivity contribution in [3.63, 3.8) is 0 Å². The molecule has 0 radical (unpaired) electrons. The molecule has 1 aliphatic heterocycles. The average molecular weight is 321 g/mol. The molecule has 1 heterocycles. The van der Waals surface area contributed by atoms with E-state index < -0.39 is 0 Å². The summed E-state index contributed by atoms with van der Waals surface area (Å²) in [5, 5.41) is 3.02. The molecule has 0 aliphatic carbocycles. The second-order valence-corrected chi connectivity index (χ2v) is 6.95. The van der Waals surface area contributed by atoms with Gasteiger partial charge in [0.15, 0.2) is 0 Å². The molecule has 1 amide bonds.